The Kier molecular flexibility index (Phi) is 6.27. The van der Waals surface area contributed by atoms with E-state index in [-0.39, 0.29) is 33.9 Å². The molecule has 1 atom stereocenters. The fourth-order valence-electron chi connectivity index (χ4n) is 1.68. The summed E-state index contributed by atoms with van der Waals surface area (Å²) < 4.78 is 26.3. The van der Waals surface area contributed by atoms with Crippen LogP contribution in [0, 0.1) is 5.92 Å². The maximum Gasteiger partial charge on any atom is 0.243 e. The molecule has 0 radical (unpaired) electrons. The SMILES string of the molecule is CCN(CC(C)C(N)=NO)S(=O)(=O)c1ccc(Cl)c(Cl)c1. The second kappa shape index (κ2) is 7.31. The number of nitrogens with two attached hydrogens (primary N) is 1. The quantitative estimate of drug-likeness (QED) is 0.355. The highest BCUT2D eigenvalue weighted by Crippen LogP contribution is 2.26. The predicted octanol–water partition coefficient (Wildman–Crippen LogP) is 2.39. The van der Waals surface area contributed by atoms with Gasteiger partial charge in [-0.2, -0.15) is 4.31 Å². The zero-order chi connectivity index (χ0) is 16.2. The minimum absolute atomic E-state index is 0.0298. The van der Waals surface area contributed by atoms with E-state index in [1.807, 2.05) is 0 Å². The molecule has 0 amide bonds. The summed E-state index contributed by atoms with van der Waals surface area (Å²) in [5.41, 5.74) is 5.49. The van der Waals surface area contributed by atoms with Gasteiger partial charge < -0.3 is 10.9 Å². The molecule has 118 valence electrons. The van der Waals surface area contributed by atoms with Gasteiger partial charge in [0.05, 0.1) is 14.9 Å². The third-order valence-corrected chi connectivity index (χ3v) is 5.66. The van der Waals surface area contributed by atoms with Crippen LogP contribution in [0.15, 0.2) is 28.3 Å². The molecule has 0 aliphatic heterocycles. The molecule has 0 heterocycles. The van der Waals surface area contributed by atoms with E-state index >= 15 is 0 Å². The first kappa shape index (κ1) is 18.0. The van der Waals surface area contributed by atoms with Gasteiger partial charge >= 0.3 is 0 Å². The number of rotatable bonds is 6. The number of oxime groups is 1. The number of halogens is 2. The van der Waals surface area contributed by atoms with Crippen molar-refractivity contribution in [2.45, 2.75) is 18.7 Å². The monoisotopic (exact) mass is 353 g/mol. The predicted molar refractivity (Wildman–Crippen MR) is 83.5 cm³/mol. The number of hydrogen-bond donors (Lipinski definition) is 2. The normalized spacial score (nSPS) is 14.4. The Morgan fingerprint density at radius 3 is 2.52 bits per heavy atom. The smallest absolute Gasteiger partial charge is 0.243 e. The Labute approximate surface area is 134 Å². The van der Waals surface area contributed by atoms with E-state index in [0.717, 1.165) is 0 Å². The molecule has 0 aromatic heterocycles. The van der Waals surface area contributed by atoms with Gasteiger partial charge in [0.1, 0.15) is 5.84 Å². The highest BCUT2D eigenvalue weighted by atomic mass is 35.5. The summed E-state index contributed by atoms with van der Waals surface area (Å²) in [5.74, 6) is -0.453. The molecule has 3 N–H and O–H groups in total. The molecule has 0 aliphatic rings. The minimum atomic E-state index is -3.73. The summed E-state index contributed by atoms with van der Waals surface area (Å²) in [6.45, 7) is 3.71. The van der Waals surface area contributed by atoms with Crippen molar-refractivity contribution in [3.05, 3.63) is 28.2 Å². The lowest BCUT2D eigenvalue weighted by Gasteiger charge is -2.23. The number of benzene rings is 1. The average Bonchev–Trinajstić information content (AvgIpc) is 2.45. The van der Waals surface area contributed by atoms with Crippen molar-refractivity contribution in [2.24, 2.45) is 16.8 Å². The van der Waals surface area contributed by atoms with Crippen LogP contribution >= 0.6 is 23.2 Å². The molecule has 21 heavy (non-hydrogen) atoms. The lowest BCUT2D eigenvalue weighted by molar-refractivity contribution is 0.311. The molecule has 0 saturated heterocycles. The highest BCUT2D eigenvalue weighted by molar-refractivity contribution is 7.89. The number of amidine groups is 1. The van der Waals surface area contributed by atoms with Gasteiger partial charge in [0.2, 0.25) is 10.0 Å². The van der Waals surface area contributed by atoms with Crippen LogP contribution in [0.3, 0.4) is 0 Å². The van der Waals surface area contributed by atoms with Crippen LogP contribution in [-0.4, -0.2) is 36.9 Å². The highest BCUT2D eigenvalue weighted by Gasteiger charge is 2.26. The van der Waals surface area contributed by atoms with E-state index in [2.05, 4.69) is 5.16 Å². The Balaban J connectivity index is 3.10. The van der Waals surface area contributed by atoms with Crippen molar-refractivity contribution in [2.75, 3.05) is 13.1 Å². The molecule has 0 saturated carbocycles. The van der Waals surface area contributed by atoms with Crippen molar-refractivity contribution in [3.63, 3.8) is 0 Å². The summed E-state index contributed by atoms with van der Waals surface area (Å²) in [4.78, 5) is 0.0467. The maximum atomic E-state index is 12.6. The lowest BCUT2D eigenvalue weighted by atomic mass is 10.1. The zero-order valence-corrected chi connectivity index (χ0v) is 14.0. The molecule has 9 heteroatoms. The Bertz CT molecular complexity index is 635. The summed E-state index contributed by atoms with van der Waals surface area (Å²) in [6, 6.07) is 4.12. The molecule has 6 nitrogen and oxygen atoms in total. The average molecular weight is 354 g/mol. The van der Waals surface area contributed by atoms with Crippen molar-refractivity contribution in [1.82, 2.24) is 4.31 Å². The number of nitrogens with zero attached hydrogens (tertiary/aromatic N) is 2. The summed E-state index contributed by atoms with van der Waals surface area (Å²) in [6.07, 6.45) is 0. The third kappa shape index (κ3) is 4.23. The van der Waals surface area contributed by atoms with Crippen LogP contribution in [-0.2, 0) is 10.0 Å². The molecular formula is C12H17Cl2N3O3S. The van der Waals surface area contributed by atoms with Crippen molar-refractivity contribution >= 4 is 39.1 Å². The van der Waals surface area contributed by atoms with E-state index in [1.54, 1.807) is 13.8 Å². The zero-order valence-electron chi connectivity index (χ0n) is 11.6. The fourth-order valence-corrected chi connectivity index (χ4v) is 3.61. The number of hydrogen-bond acceptors (Lipinski definition) is 4. The van der Waals surface area contributed by atoms with Crippen molar-refractivity contribution < 1.29 is 13.6 Å². The van der Waals surface area contributed by atoms with Gasteiger partial charge in [-0.05, 0) is 18.2 Å². The molecule has 1 unspecified atom stereocenters. The van der Waals surface area contributed by atoms with Crippen molar-refractivity contribution in [1.29, 1.82) is 0 Å². The van der Waals surface area contributed by atoms with Gasteiger partial charge in [-0.1, -0.05) is 42.2 Å². The maximum absolute atomic E-state index is 12.6. The second-order valence-corrected chi connectivity index (χ2v) is 7.21. The Hall–Kier alpha value is -1.02. The van der Waals surface area contributed by atoms with E-state index in [1.165, 1.54) is 22.5 Å². The van der Waals surface area contributed by atoms with Crippen LogP contribution in [0.4, 0.5) is 0 Å². The summed E-state index contributed by atoms with van der Waals surface area (Å²) in [5, 5.41) is 12.0. The molecule has 0 spiro atoms. The summed E-state index contributed by atoms with van der Waals surface area (Å²) >= 11 is 11.6. The van der Waals surface area contributed by atoms with E-state index in [0.29, 0.717) is 0 Å². The van der Waals surface area contributed by atoms with Crippen LogP contribution in [0.1, 0.15) is 13.8 Å². The van der Waals surface area contributed by atoms with Crippen LogP contribution in [0.5, 0.6) is 0 Å². The Morgan fingerprint density at radius 1 is 1.43 bits per heavy atom. The minimum Gasteiger partial charge on any atom is -0.409 e. The van der Waals surface area contributed by atoms with Crippen LogP contribution in [0.25, 0.3) is 0 Å². The van der Waals surface area contributed by atoms with Gasteiger partial charge in [0.25, 0.3) is 0 Å². The van der Waals surface area contributed by atoms with Crippen LogP contribution in [0.2, 0.25) is 10.0 Å². The molecule has 1 rings (SSSR count). The van der Waals surface area contributed by atoms with Gasteiger partial charge in [0.15, 0.2) is 0 Å². The van der Waals surface area contributed by atoms with Gasteiger partial charge in [-0.3, -0.25) is 0 Å². The van der Waals surface area contributed by atoms with E-state index < -0.39 is 15.9 Å². The van der Waals surface area contributed by atoms with Gasteiger partial charge in [-0.25, -0.2) is 8.42 Å². The molecular weight excluding hydrogens is 337 g/mol. The summed E-state index contributed by atoms with van der Waals surface area (Å²) in [7, 11) is -3.73. The molecule has 0 aliphatic carbocycles. The Morgan fingerprint density at radius 2 is 2.05 bits per heavy atom. The standard InChI is InChI=1S/C12H17Cl2N3O3S/c1-3-17(7-8(2)12(15)16-18)21(19,20)9-4-5-10(13)11(14)6-9/h4-6,8,18H,3,7H2,1-2H3,(H2,15,16). The molecule has 1 aromatic carbocycles. The van der Waals surface area contributed by atoms with Crippen LogP contribution < -0.4 is 5.73 Å². The lowest BCUT2D eigenvalue weighted by Crippen LogP contribution is -2.38. The second-order valence-electron chi connectivity index (χ2n) is 4.46. The first-order chi connectivity index (χ1) is 9.73. The first-order valence-corrected chi connectivity index (χ1v) is 8.36. The molecule has 1 aromatic rings. The topological polar surface area (TPSA) is 96.0 Å². The van der Waals surface area contributed by atoms with E-state index in [9.17, 15) is 8.42 Å². The van der Waals surface area contributed by atoms with Gasteiger partial charge in [0, 0.05) is 19.0 Å². The molecule has 0 fully saturated rings. The first-order valence-electron chi connectivity index (χ1n) is 6.16. The number of sulfonamides is 1. The van der Waals surface area contributed by atoms with E-state index in [4.69, 9.17) is 34.1 Å². The van der Waals surface area contributed by atoms with Gasteiger partial charge in [-0.15, -0.1) is 0 Å². The fraction of sp³-hybridized carbons (Fsp3) is 0.417. The third-order valence-electron chi connectivity index (χ3n) is 2.98. The van der Waals surface area contributed by atoms with Crippen molar-refractivity contribution in [3.8, 4) is 0 Å². The molecule has 0 bridgehead atoms. The largest absolute Gasteiger partial charge is 0.409 e.